The zero-order valence-electron chi connectivity index (χ0n) is 9.50. The maximum absolute atomic E-state index is 14.0. The molecule has 0 amide bonds. The van der Waals surface area contributed by atoms with Gasteiger partial charge in [0.05, 0.1) is 0 Å². The van der Waals surface area contributed by atoms with Crippen molar-refractivity contribution in [3.8, 4) is 0 Å². The first-order chi connectivity index (χ1) is 8.90. The van der Waals surface area contributed by atoms with Crippen LogP contribution in [0.2, 0.25) is 5.02 Å². The molecule has 0 bridgehead atoms. The number of carbonyl (C=O) groups is 1. The minimum Gasteiger partial charge on any atom is -0.254 e. The Morgan fingerprint density at radius 1 is 1.21 bits per heavy atom. The van der Waals surface area contributed by atoms with E-state index in [1.165, 1.54) is 35.7 Å². The summed E-state index contributed by atoms with van der Waals surface area (Å²) < 4.78 is 40.7. The van der Waals surface area contributed by atoms with Crippen molar-refractivity contribution in [3.63, 3.8) is 0 Å². The van der Waals surface area contributed by atoms with Crippen LogP contribution in [-0.2, 0) is 12.3 Å². The highest BCUT2D eigenvalue weighted by atomic mass is 35.5. The van der Waals surface area contributed by atoms with E-state index in [2.05, 4.69) is 0 Å². The third-order valence-electron chi connectivity index (χ3n) is 2.60. The molecule has 0 saturated carbocycles. The molecule has 2 rings (SSSR count). The van der Waals surface area contributed by atoms with E-state index in [1.54, 1.807) is 0 Å². The fraction of sp³-hybridized carbons (Fsp3) is 0.154. The number of hydrogen-bond donors (Lipinski definition) is 0. The Hall–Kier alpha value is -1.33. The lowest BCUT2D eigenvalue weighted by Gasteiger charge is -2.16. The summed E-state index contributed by atoms with van der Waals surface area (Å²) in [7, 11) is 0. The molecule has 0 aliphatic carbocycles. The van der Waals surface area contributed by atoms with Gasteiger partial charge in [-0.2, -0.15) is 4.39 Å². The molecule has 0 radical (unpaired) electrons. The topological polar surface area (TPSA) is 17.1 Å². The highest BCUT2D eigenvalue weighted by molar-refractivity contribution is 7.12. The second-order valence-corrected chi connectivity index (χ2v) is 5.29. The van der Waals surface area contributed by atoms with Crippen LogP contribution in [0.1, 0.15) is 20.8 Å². The molecule has 6 heteroatoms. The smallest absolute Gasteiger partial charge is 0.254 e. The predicted molar refractivity (Wildman–Crippen MR) is 68.8 cm³/mol. The van der Waals surface area contributed by atoms with Crippen molar-refractivity contribution in [2.75, 3.05) is 0 Å². The lowest BCUT2D eigenvalue weighted by atomic mass is 10.0. The van der Waals surface area contributed by atoms with Gasteiger partial charge in [0.15, 0.2) is 0 Å². The van der Waals surface area contributed by atoms with Crippen LogP contribution in [0, 0.1) is 0 Å². The van der Waals surface area contributed by atoms with E-state index in [0.717, 1.165) is 11.3 Å². The van der Waals surface area contributed by atoms with E-state index in [1.807, 2.05) is 0 Å². The van der Waals surface area contributed by atoms with Crippen LogP contribution in [0.15, 0.2) is 35.7 Å². The Kier molecular flexibility index (Phi) is 3.96. The van der Waals surface area contributed by atoms with Crippen molar-refractivity contribution < 1.29 is 18.0 Å². The van der Waals surface area contributed by atoms with E-state index in [4.69, 9.17) is 11.6 Å². The molecule has 0 atom stereocenters. The zero-order valence-corrected chi connectivity index (χ0v) is 11.1. The Morgan fingerprint density at radius 3 is 2.42 bits per heavy atom. The van der Waals surface area contributed by atoms with Crippen molar-refractivity contribution in [2.45, 2.75) is 12.3 Å². The first kappa shape index (κ1) is 14.1. The van der Waals surface area contributed by atoms with Gasteiger partial charge in [-0.05, 0) is 29.1 Å². The molecule has 0 aliphatic rings. The fourth-order valence-electron chi connectivity index (χ4n) is 1.68. The number of halogens is 4. The number of thiophene rings is 1. The van der Waals surface area contributed by atoms with Crippen molar-refractivity contribution in [2.24, 2.45) is 0 Å². The Labute approximate surface area is 116 Å². The molecule has 0 fully saturated rings. The summed E-state index contributed by atoms with van der Waals surface area (Å²) in [6.45, 7) is 0. The third-order valence-corrected chi connectivity index (χ3v) is 3.79. The van der Waals surface area contributed by atoms with Crippen LogP contribution in [0.25, 0.3) is 0 Å². The normalized spacial score (nSPS) is 11.6. The molecule has 1 aromatic carbocycles. The van der Waals surface area contributed by atoms with Gasteiger partial charge in [0.25, 0.3) is 5.92 Å². The summed E-state index contributed by atoms with van der Waals surface area (Å²) in [6.07, 6.45) is -0.719. The quantitative estimate of drug-likeness (QED) is 0.738. The molecule has 1 nitrogen and oxygen atoms in total. The maximum Gasteiger partial charge on any atom is 0.342 e. The number of hydrogen-bond acceptors (Lipinski definition) is 2. The number of benzene rings is 1. The number of rotatable bonds is 4. The summed E-state index contributed by atoms with van der Waals surface area (Å²) in [5.41, 5.74) is -0.210. The van der Waals surface area contributed by atoms with Crippen LogP contribution in [-0.4, -0.2) is 6.04 Å². The highest BCUT2D eigenvalue weighted by Gasteiger charge is 2.33. The van der Waals surface area contributed by atoms with Crippen molar-refractivity contribution in [1.82, 2.24) is 0 Å². The van der Waals surface area contributed by atoms with Gasteiger partial charge in [0, 0.05) is 17.0 Å². The Morgan fingerprint density at radius 2 is 1.84 bits per heavy atom. The van der Waals surface area contributed by atoms with Crippen molar-refractivity contribution in [1.29, 1.82) is 0 Å². The van der Waals surface area contributed by atoms with Crippen LogP contribution in [0.3, 0.4) is 0 Å². The minimum absolute atomic E-state index is 0.0115. The largest absolute Gasteiger partial charge is 0.342 e. The van der Waals surface area contributed by atoms with Crippen LogP contribution in [0.5, 0.6) is 0 Å². The summed E-state index contributed by atoms with van der Waals surface area (Å²) in [4.78, 5) is 10.4. The highest BCUT2D eigenvalue weighted by Crippen LogP contribution is 2.34. The molecule has 19 heavy (non-hydrogen) atoms. The lowest BCUT2D eigenvalue weighted by molar-refractivity contribution is -0.00385. The molecule has 0 aliphatic heterocycles. The van der Waals surface area contributed by atoms with Gasteiger partial charge in [0.2, 0.25) is 0 Å². The van der Waals surface area contributed by atoms with Crippen molar-refractivity contribution >= 4 is 29.0 Å². The van der Waals surface area contributed by atoms with Gasteiger partial charge < -0.3 is 0 Å². The molecule has 0 spiro atoms. The molecular formula is C13H8ClF3OS. The minimum atomic E-state index is -3.18. The SMILES string of the molecule is O=C(F)c1sccc1CC(F)(F)c1ccc(Cl)cc1. The molecule has 0 saturated heterocycles. The van der Waals surface area contributed by atoms with Gasteiger partial charge in [-0.3, -0.25) is 4.79 Å². The van der Waals surface area contributed by atoms with E-state index >= 15 is 0 Å². The van der Waals surface area contributed by atoms with Gasteiger partial charge in [0.1, 0.15) is 4.88 Å². The zero-order chi connectivity index (χ0) is 14.0. The lowest BCUT2D eigenvalue weighted by Crippen LogP contribution is -2.17. The molecular weight excluding hydrogens is 297 g/mol. The van der Waals surface area contributed by atoms with Gasteiger partial charge in [-0.25, -0.2) is 8.78 Å². The maximum atomic E-state index is 14.0. The standard InChI is InChI=1S/C13H8ClF3OS/c14-10-3-1-9(2-4-10)13(16,17)7-8-5-6-19-11(8)12(15)18/h1-6H,7H2. The monoisotopic (exact) mass is 304 g/mol. The molecule has 1 aromatic heterocycles. The summed E-state index contributed by atoms with van der Waals surface area (Å²) in [6, 6.07) is 4.80. The summed E-state index contributed by atoms with van der Waals surface area (Å²) >= 11 is 6.45. The summed E-state index contributed by atoms with van der Waals surface area (Å²) in [5.74, 6) is -3.18. The average molecular weight is 305 g/mol. The van der Waals surface area contributed by atoms with E-state index in [0.29, 0.717) is 5.02 Å². The first-order valence-corrected chi connectivity index (χ1v) is 6.56. The molecule has 100 valence electrons. The molecule has 1 heterocycles. The Balaban J connectivity index is 2.28. The van der Waals surface area contributed by atoms with Crippen LogP contribution >= 0.6 is 22.9 Å². The van der Waals surface area contributed by atoms with Gasteiger partial charge >= 0.3 is 6.04 Å². The Bertz CT molecular complexity index is 592. The second-order valence-electron chi connectivity index (χ2n) is 3.94. The van der Waals surface area contributed by atoms with Gasteiger partial charge in [-0.15, -0.1) is 11.3 Å². The van der Waals surface area contributed by atoms with E-state index in [9.17, 15) is 18.0 Å². The first-order valence-electron chi connectivity index (χ1n) is 5.30. The van der Waals surface area contributed by atoms with Gasteiger partial charge in [-0.1, -0.05) is 23.7 Å². The van der Waals surface area contributed by atoms with Crippen LogP contribution in [0.4, 0.5) is 13.2 Å². The molecule has 2 aromatic rings. The number of carbonyl (C=O) groups excluding carboxylic acids is 1. The molecule has 0 N–H and O–H groups in total. The summed E-state index contributed by atoms with van der Waals surface area (Å²) in [5, 5.41) is 1.77. The average Bonchev–Trinajstić information content (AvgIpc) is 2.77. The fourth-order valence-corrected chi connectivity index (χ4v) is 2.56. The van der Waals surface area contributed by atoms with E-state index < -0.39 is 18.4 Å². The number of alkyl halides is 2. The predicted octanol–water partition coefficient (Wildman–Crippen LogP) is 4.85. The van der Waals surface area contributed by atoms with Crippen LogP contribution < -0.4 is 0 Å². The second kappa shape index (κ2) is 5.35. The molecule has 0 unspecified atom stereocenters. The van der Waals surface area contributed by atoms with Crippen molar-refractivity contribution in [3.05, 3.63) is 56.7 Å². The third kappa shape index (κ3) is 3.16. The van der Waals surface area contributed by atoms with E-state index in [-0.39, 0.29) is 16.0 Å².